The second kappa shape index (κ2) is 4.53. The van der Waals surface area contributed by atoms with Crippen LogP contribution in [0.4, 0.5) is 0 Å². The third-order valence-electron chi connectivity index (χ3n) is 3.73. The molecule has 1 atom stereocenters. The van der Waals surface area contributed by atoms with Crippen molar-refractivity contribution < 1.29 is 0 Å². The molecule has 88 valence electrons. The number of nitrogens with zero attached hydrogens (tertiary/aromatic N) is 3. The number of hydrogen-bond donors (Lipinski definition) is 1. The highest BCUT2D eigenvalue weighted by atomic mass is 15.3. The summed E-state index contributed by atoms with van der Waals surface area (Å²) in [5.41, 5.74) is 0. The third kappa shape index (κ3) is 2.43. The van der Waals surface area contributed by atoms with Crippen molar-refractivity contribution in [2.24, 2.45) is 5.92 Å². The molecule has 1 aromatic rings. The lowest BCUT2D eigenvalue weighted by atomic mass is 10.1. The van der Waals surface area contributed by atoms with Gasteiger partial charge in [-0.1, -0.05) is 0 Å². The van der Waals surface area contributed by atoms with Gasteiger partial charge >= 0.3 is 0 Å². The number of aromatic nitrogens is 3. The van der Waals surface area contributed by atoms with Gasteiger partial charge in [-0.05, 0) is 44.6 Å². The van der Waals surface area contributed by atoms with E-state index in [1.807, 2.05) is 6.33 Å². The maximum atomic E-state index is 4.24. The van der Waals surface area contributed by atoms with Crippen molar-refractivity contribution in [2.75, 3.05) is 6.54 Å². The summed E-state index contributed by atoms with van der Waals surface area (Å²) in [5.74, 6) is 2.08. The van der Waals surface area contributed by atoms with Crippen LogP contribution in [0.2, 0.25) is 0 Å². The molecule has 4 heteroatoms. The first kappa shape index (κ1) is 10.3. The molecule has 2 heterocycles. The van der Waals surface area contributed by atoms with Crippen molar-refractivity contribution in [2.45, 2.75) is 51.1 Å². The monoisotopic (exact) mass is 220 g/mol. The zero-order valence-corrected chi connectivity index (χ0v) is 9.73. The van der Waals surface area contributed by atoms with E-state index < -0.39 is 0 Å². The second-order valence-electron chi connectivity index (χ2n) is 5.17. The van der Waals surface area contributed by atoms with E-state index in [9.17, 15) is 0 Å². The molecule has 1 aliphatic carbocycles. The third-order valence-corrected chi connectivity index (χ3v) is 3.73. The maximum absolute atomic E-state index is 4.24. The van der Waals surface area contributed by atoms with Crippen molar-refractivity contribution >= 4 is 0 Å². The predicted octanol–water partition coefficient (Wildman–Crippen LogP) is 1.37. The van der Waals surface area contributed by atoms with Crippen LogP contribution in [0, 0.1) is 5.92 Å². The van der Waals surface area contributed by atoms with Crippen LogP contribution in [-0.4, -0.2) is 27.4 Å². The van der Waals surface area contributed by atoms with Gasteiger partial charge in [0, 0.05) is 19.0 Å². The van der Waals surface area contributed by atoms with E-state index in [0.29, 0.717) is 6.04 Å². The molecule has 2 aliphatic rings. The summed E-state index contributed by atoms with van der Waals surface area (Å²) in [6, 6.07) is 0.714. The average Bonchev–Trinajstić information content (AvgIpc) is 2.80. The van der Waals surface area contributed by atoms with Crippen molar-refractivity contribution in [3.63, 3.8) is 0 Å². The van der Waals surface area contributed by atoms with Crippen LogP contribution in [0.3, 0.4) is 0 Å². The average molecular weight is 220 g/mol. The molecule has 1 saturated heterocycles. The Hall–Kier alpha value is -0.900. The van der Waals surface area contributed by atoms with E-state index in [2.05, 4.69) is 20.1 Å². The van der Waals surface area contributed by atoms with Crippen LogP contribution in [-0.2, 0) is 13.0 Å². The molecule has 1 N–H and O–H groups in total. The van der Waals surface area contributed by atoms with Crippen molar-refractivity contribution in [3.05, 3.63) is 12.2 Å². The van der Waals surface area contributed by atoms with Gasteiger partial charge in [0.15, 0.2) is 0 Å². The van der Waals surface area contributed by atoms with Gasteiger partial charge in [0.1, 0.15) is 12.2 Å². The Balaban J connectivity index is 1.53. The molecule has 16 heavy (non-hydrogen) atoms. The fourth-order valence-electron chi connectivity index (χ4n) is 2.51. The van der Waals surface area contributed by atoms with E-state index in [1.54, 1.807) is 0 Å². The Kier molecular flexibility index (Phi) is 2.91. The number of nitrogens with one attached hydrogen (secondary N) is 1. The molecular weight excluding hydrogens is 200 g/mol. The van der Waals surface area contributed by atoms with Crippen LogP contribution < -0.4 is 5.32 Å². The first-order chi connectivity index (χ1) is 7.92. The lowest BCUT2D eigenvalue weighted by molar-refractivity contribution is 0.527. The van der Waals surface area contributed by atoms with E-state index in [4.69, 9.17) is 0 Å². The largest absolute Gasteiger partial charge is 0.317 e. The molecule has 1 aliphatic heterocycles. The Bertz CT molecular complexity index is 337. The molecule has 1 aromatic heterocycles. The first-order valence-corrected chi connectivity index (χ1v) is 6.52. The SMILES string of the molecule is c1nnc(CCC2CCCN2)n1CC1CC1. The highest BCUT2D eigenvalue weighted by molar-refractivity contribution is 4.90. The smallest absolute Gasteiger partial charge is 0.132 e. The van der Waals surface area contributed by atoms with Crippen LogP contribution in [0.5, 0.6) is 0 Å². The molecular formula is C12H20N4. The quantitative estimate of drug-likeness (QED) is 0.815. The van der Waals surface area contributed by atoms with Gasteiger partial charge in [0.2, 0.25) is 0 Å². The summed E-state index contributed by atoms with van der Waals surface area (Å²) in [6.07, 6.45) is 9.63. The van der Waals surface area contributed by atoms with Gasteiger partial charge in [-0.3, -0.25) is 0 Å². The number of aryl methyl sites for hydroxylation is 1. The van der Waals surface area contributed by atoms with Crippen LogP contribution >= 0.6 is 0 Å². The van der Waals surface area contributed by atoms with Crippen LogP contribution in [0.1, 0.15) is 37.9 Å². The molecule has 1 saturated carbocycles. The molecule has 0 radical (unpaired) electrons. The minimum atomic E-state index is 0.714. The number of hydrogen-bond acceptors (Lipinski definition) is 3. The van der Waals surface area contributed by atoms with E-state index in [0.717, 1.165) is 18.9 Å². The molecule has 0 aromatic carbocycles. The lowest BCUT2D eigenvalue weighted by Gasteiger charge is -2.10. The van der Waals surface area contributed by atoms with Gasteiger partial charge < -0.3 is 9.88 Å². The summed E-state index contributed by atoms with van der Waals surface area (Å²) >= 11 is 0. The minimum Gasteiger partial charge on any atom is -0.317 e. The topological polar surface area (TPSA) is 42.7 Å². The Labute approximate surface area is 96.4 Å². The fraction of sp³-hybridized carbons (Fsp3) is 0.833. The van der Waals surface area contributed by atoms with E-state index >= 15 is 0 Å². The molecule has 0 amide bonds. The summed E-state index contributed by atoms with van der Waals surface area (Å²) in [7, 11) is 0. The normalized spacial score (nSPS) is 25.1. The van der Waals surface area contributed by atoms with E-state index in [-0.39, 0.29) is 0 Å². The highest BCUT2D eigenvalue weighted by Gasteiger charge is 2.23. The predicted molar refractivity (Wildman–Crippen MR) is 62.1 cm³/mol. The fourth-order valence-corrected chi connectivity index (χ4v) is 2.51. The Morgan fingerprint density at radius 2 is 2.31 bits per heavy atom. The van der Waals surface area contributed by atoms with Crippen molar-refractivity contribution in [1.82, 2.24) is 20.1 Å². The van der Waals surface area contributed by atoms with Gasteiger partial charge in [0.25, 0.3) is 0 Å². The van der Waals surface area contributed by atoms with Gasteiger partial charge in [-0.15, -0.1) is 10.2 Å². The highest BCUT2D eigenvalue weighted by Crippen LogP contribution is 2.30. The molecule has 0 bridgehead atoms. The second-order valence-corrected chi connectivity index (χ2v) is 5.17. The van der Waals surface area contributed by atoms with Gasteiger partial charge in [-0.2, -0.15) is 0 Å². The van der Waals surface area contributed by atoms with E-state index in [1.165, 1.54) is 44.5 Å². The summed E-state index contributed by atoms with van der Waals surface area (Å²) in [4.78, 5) is 0. The summed E-state index contributed by atoms with van der Waals surface area (Å²) in [6.45, 7) is 2.33. The summed E-state index contributed by atoms with van der Waals surface area (Å²) < 4.78 is 2.26. The molecule has 3 rings (SSSR count). The van der Waals surface area contributed by atoms with Gasteiger partial charge in [0.05, 0.1) is 0 Å². The maximum Gasteiger partial charge on any atom is 0.132 e. The Morgan fingerprint density at radius 1 is 1.38 bits per heavy atom. The van der Waals surface area contributed by atoms with Crippen molar-refractivity contribution in [3.8, 4) is 0 Å². The molecule has 2 fully saturated rings. The minimum absolute atomic E-state index is 0.714. The lowest BCUT2D eigenvalue weighted by Crippen LogP contribution is -2.22. The Morgan fingerprint density at radius 3 is 3.06 bits per heavy atom. The van der Waals surface area contributed by atoms with Crippen LogP contribution in [0.15, 0.2) is 6.33 Å². The zero-order valence-electron chi connectivity index (χ0n) is 9.73. The van der Waals surface area contributed by atoms with Crippen LogP contribution in [0.25, 0.3) is 0 Å². The standard InChI is InChI=1S/C12H20N4/c1-2-11(13-7-1)5-6-12-15-14-9-16(12)8-10-3-4-10/h9-11,13H,1-8H2. The number of rotatable bonds is 5. The molecule has 4 nitrogen and oxygen atoms in total. The first-order valence-electron chi connectivity index (χ1n) is 6.52. The zero-order chi connectivity index (χ0) is 10.8. The summed E-state index contributed by atoms with van der Waals surface area (Å²) in [5, 5.41) is 11.8. The molecule has 0 spiro atoms. The van der Waals surface area contributed by atoms with Gasteiger partial charge in [-0.25, -0.2) is 0 Å². The van der Waals surface area contributed by atoms with Crippen molar-refractivity contribution in [1.29, 1.82) is 0 Å². The molecule has 1 unspecified atom stereocenters.